The van der Waals surface area contributed by atoms with Crippen LogP contribution in [0.25, 0.3) is 0 Å². The Labute approximate surface area is 159 Å². The van der Waals surface area contributed by atoms with Crippen LogP contribution in [0.5, 0.6) is 0 Å². The summed E-state index contributed by atoms with van der Waals surface area (Å²) in [5.41, 5.74) is 0.637. The number of hydrogen-bond acceptors (Lipinski definition) is 6. The van der Waals surface area contributed by atoms with Crippen molar-refractivity contribution in [2.75, 3.05) is 5.32 Å². The fraction of sp³-hybridized carbons (Fsp3) is 0.176. The number of anilines is 1. The molecular formula is C17H17N7O4. The molecule has 0 radical (unpaired) electrons. The molecule has 3 rings (SSSR count). The molecule has 144 valence electrons. The lowest BCUT2D eigenvalue weighted by molar-refractivity contribution is -0.385. The van der Waals surface area contributed by atoms with Crippen molar-refractivity contribution < 1.29 is 14.5 Å². The first-order valence-corrected chi connectivity index (χ1v) is 8.19. The average molecular weight is 383 g/mol. The molecule has 0 unspecified atom stereocenters. The molecule has 2 heterocycles. The summed E-state index contributed by atoms with van der Waals surface area (Å²) in [5, 5.41) is 24.4. The number of aromatic nitrogens is 4. The molecule has 2 N–H and O–H groups in total. The first kappa shape index (κ1) is 18.8. The van der Waals surface area contributed by atoms with Crippen molar-refractivity contribution in [3.05, 3.63) is 69.8 Å². The largest absolute Gasteiger partial charge is 0.346 e. The van der Waals surface area contributed by atoms with Crippen molar-refractivity contribution in [2.24, 2.45) is 14.1 Å². The summed E-state index contributed by atoms with van der Waals surface area (Å²) in [4.78, 5) is 35.6. The Morgan fingerprint density at radius 1 is 1.14 bits per heavy atom. The molecule has 0 aliphatic heterocycles. The zero-order valence-electron chi connectivity index (χ0n) is 15.1. The molecule has 0 aliphatic rings. The maximum atomic E-state index is 12.6. The lowest BCUT2D eigenvalue weighted by Gasteiger charge is -2.08. The van der Waals surface area contributed by atoms with Gasteiger partial charge in [-0.2, -0.15) is 10.2 Å². The van der Waals surface area contributed by atoms with Crippen LogP contribution in [0.1, 0.15) is 26.4 Å². The fourth-order valence-electron chi connectivity index (χ4n) is 2.64. The minimum Gasteiger partial charge on any atom is -0.346 e. The predicted molar refractivity (Wildman–Crippen MR) is 98.6 cm³/mol. The number of amides is 2. The molecule has 0 saturated heterocycles. The maximum absolute atomic E-state index is 12.6. The zero-order chi connectivity index (χ0) is 20.3. The highest BCUT2D eigenvalue weighted by Gasteiger charge is 2.23. The van der Waals surface area contributed by atoms with Gasteiger partial charge < -0.3 is 10.6 Å². The molecule has 1 aromatic carbocycles. The summed E-state index contributed by atoms with van der Waals surface area (Å²) >= 11 is 0. The van der Waals surface area contributed by atoms with Crippen LogP contribution in [0, 0.1) is 10.1 Å². The van der Waals surface area contributed by atoms with Gasteiger partial charge in [-0.25, -0.2) is 0 Å². The molecule has 0 fully saturated rings. The Balaban J connectivity index is 1.78. The van der Waals surface area contributed by atoms with Gasteiger partial charge in [0.15, 0.2) is 0 Å². The summed E-state index contributed by atoms with van der Waals surface area (Å²) in [6.07, 6.45) is 4.70. The Morgan fingerprint density at radius 3 is 2.57 bits per heavy atom. The van der Waals surface area contributed by atoms with E-state index in [9.17, 15) is 19.7 Å². The quantitative estimate of drug-likeness (QED) is 0.485. The molecule has 0 spiro atoms. The molecule has 0 atom stereocenters. The normalized spacial score (nSPS) is 10.5. The van der Waals surface area contributed by atoms with Gasteiger partial charge in [-0.1, -0.05) is 12.1 Å². The van der Waals surface area contributed by atoms with Crippen LogP contribution >= 0.6 is 0 Å². The van der Waals surface area contributed by atoms with Crippen molar-refractivity contribution in [1.29, 1.82) is 0 Å². The molecule has 11 heteroatoms. The topological polar surface area (TPSA) is 137 Å². The lowest BCUT2D eigenvalue weighted by Crippen LogP contribution is -2.26. The third kappa shape index (κ3) is 3.87. The third-order valence-corrected chi connectivity index (χ3v) is 3.96. The molecule has 0 bridgehead atoms. The number of nitrogens with zero attached hydrogens (tertiary/aromatic N) is 5. The first-order valence-electron chi connectivity index (χ1n) is 8.19. The van der Waals surface area contributed by atoms with E-state index in [-0.39, 0.29) is 29.2 Å². The van der Waals surface area contributed by atoms with E-state index in [0.717, 1.165) is 5.56 Å². The Bertz CT molecular complexity index is 1050. The number of carbonyl (C=O) groups excluding carboxylic acids is 2. The predicted octanol–water partition coefficient (Wildman–Crippen LogP) is 1.24. The monoisotopic (exact) mass is 383 g/mol. The summed E-state index contributed by atoms with van der Waals surface area (Å²) in [6, 6.07) is 5.56. The molecule has 11 nitrogen and oxygen atoms in total. The van der Waals surface area contributed by atoms with Crippen LogP contribution in [0.3, 0.4) is 0 Å². The van der Waals surface area contributed by atoms with Crippen molar-refractivity contribution in [3.63, 3.8) is 0 Å². The number of nitrogens with one attached hydrogen (secondary N) is 2. The summed E-state index contributed by atoms with van der Waals surface area (Å²) in [5.74, 6) is -1.16. The summed E-state index contributed by atoms with van der Waals surface area (Å²) < 4.78 is 2.93. The number of nitro benzene ring substituents is 1. The van der Waals surface area contributed by atoms with E-state index in [1.807, 2.05) is 0 Å². The minimum atomic E-state index is -0.707. The number of aryl methyl sites for hydroxylation is 2. The maximum Gasteiger partial charge on any atom is 0.282 e. The van der Waals surface area contributed by atoms with Gasteiger partial charge >= 0.3 is 0 Å². The van der Waals surface area contributed by atoms with E-state index in [1.54, 1.807) is 31.2 Å². The van der Waals surface area contributed by atoms with Crippen molar-refractivity contribution in [1.82, 2.24) is 24.9 Å². The molecule has 0 aliphatic carbocycles. The Kier molecular flexibility index (Phi) is 5.16. The summed E-state index contributed by atoms with van der Waals surface area (Å²) in [6.45, 7) is 0.245. The van der Waals surface area contributed by atoms with E-state index in [4.69, 9.17) is 0 Å². The van der Waals surface area contributed by atoms with Gasteiger partial charge in [-0.05, 0) is 6.07 Å². The van der Waals surface area contributed by atoms with Crippen LogP contribution in [-0.4, -0.2) is 36.3 Å². The van der Waals surface area contributed by atoms with Gasteiger partial charge in [0.1, 0.15) is 11.3 Å². The zero-order valence-corrected chi connectivity index (χ0v) is 15.1. The van der Waals surface area contributed by atoms with E-state index >= 15 is 0 Å². The van der Waals surface area contributed by atoms with Gasteiger partial charge in [0.25, 0.3) is 17.5 Å². The highest BCUT2D eigenvalue weighted by Crippen LogP contribution is 2.21. The van der Waals surface area contributed by atoms with E-state index in [1.165, 1.54) is 35.1 Å². The number of hydrogen-bond donors (Lipinski definition) is 2. The number of rotatable bonds is 6. The lowest BCUT2D eigenvalue weighted by atomic mass is 10.1. The SMILES string of the molecule is Cn1cc(CNC(=O)c2c(NC(=O)c3ccccc3[N+](=O)[O-])cnn2C)cn1. The number of carbonyl (C=O) groups is 2. The van der Waals surface area contributed by atoms with Crippen LogP contribution in [0.15, 0.2) is 42.9 Å². The number of para-hydroxylation sites is 1. The van der Waals surface area contributed by atoms with E-state index in [0.29, 0.717) is 0 Å². The molecular weight excluding hydrogens is 366 g/mol. The number of benzene rings is 1. The second-order valence-electron chi connectivity index (χ2n) is 5.96. The molecule has 2 aromatic heterocycles. The van der Waals surface area contributed by atoms with Crippen LogP contribution in [-0.2, 0) is 20.6 Å². The van der Waals surface area contributed by atoms with Gasteiger partial charge in [-0.3, -0.25) is 29.1 Å². The molecule has 2 amide bonds. The highest BCUT2D eigenvalue weighted by atomic mass is 16.6. The first-order chi connectivity index (χ1) is 13.4. The fourth-order valence-corrected chi connectivity index (χ4v) is 2.64. The van der Waals surface area contributed by atoms with Crippen LogP contribution < -0.4 is 10.6 Å². The molecule has 0 saturated carbocycles. The highest BCUT2D eigenvalue weighted by molar-refractivity contribution is 6.10. The van der Waals surface area contributed by atoms with Gasteiger partial charge in [0.2, 0.25) is 0 Å². The van der Waals surface area contributed by atoms with Crippen LogP contribution in [0.2, 0.25) is 0 Å². The second kappa shape index (κ2) is 7.70. The standard InChI is InChI=1S/C17H17N7O4/c1-22-10-11(8-19-22)7-18-17(26)15-13(9-20-23(15)2)21-16(25)12-5-3-4-6-14(12)24(27)28/h3-6,8-10H,7H2,1-2H3,(H,18,26)(H,21,25). The smallest absolute Gasteiger partial charge is 0.282 e. The third-order valence-electron chi connectivity index (χ3n) is 3.96. The second-order valence-corrected chi connectivity index (χ2v) is 5.96. The van der Waals surface area contributed by atoms with Crippen molar-refractivity contribution in [2.45, 2.75) is 6.54 Å². The van der Waals surface area contributed by atoms with Crippen molar-refractivity contribution >= 4 is 23.2 Å². The molecule has 28 heavy (non-hydrogen) atoms. The van der Waals surface area contributed by atoms with Gasteiger partial charge in [-0.15, -0.1) is 0 Å². The van der Waals surface area contributed by atoms with Gasteiger partial charge in [0.05, 0.1) is 23.0 Å². The average Bonchev–Trinajstić information content (AvgIpc) is 3.25. The Hall–Kier alpha value is -4.02. The van der Waals surface area contributed by atoms with E-state index < -0.39 is 16.7 Å². The van der Waals surface area contributed by atoms with Crippen LogP contribution in [0.4, 0.5) is 11.4 Å². The van der Waals surface area contributed by atoms with Crippen molar-refractivity contribution in [3.8, 4) is 0 Å². The van der Waals surface area contributed by atoms with Gasteiger partial charge in [0, 0.05) is 38.5 Å². The Morgan fingerprint density at radius 2 is 1.89 bits per heavy atom. The molecule has 3 aromatic rings. The number of nitro groups is 1. The van der Waals surface area contributed by atoms with E-state index in [2.05, 4.69) is 20.8 Å². The minimum absolute atomic E-state index is 0.113. The summed E-state index contributed by atoms with van der Waals surface area (Å²) in [7, 11) is 3.32.